The molecular weight excluding hydrogens is 394 g/mol. The van der Waals surface area contributed by atoms with Gasteiger partial charge in [-0.15, -0.1) is 0 Å². The molecule has 0 aliphatic carbocycles. The summed E-state index contributed by atoms with van der Waals surface area (Å²) >= 11 is 0. The summed E-state index contributed by atoms with van der Waals surface area (Å²) in [6, 6.07) is 0.929. The van der Waals surface area contributed by atoms with E-state index in [0.717, 1.165) is 12.5 Å². The van der Waals surface area contributed by atoms with Crippen LogP contribution in [0.25, 0.3) is 0 Å². The van der Waals surface area contributed by atoms with Crippen molar-refractivity contribution in [3.63, 3.8) is 0 Å². The van der Waals surface area contributed by atoms with Gasteiger partial charge in [-0.25, -0.2) is 0 Å². The Bertz CT molecular complexity index is 402. The molecule has 0 aromatic carbocycles. The van der Waals surface area contributed by atoms with Crippen LogP contribution < -0.4 is 0 Å². The van der Waals surface area contributed by atoms with Gasteiger partial charge in [0.05, 0.1) is 0 Å². The van der Waals surface area contributed by atoms with Gasteiger partial charge in [-0.2, -0.15) is 0 Å². The molecule has 2 rings (SSSR count). The van der Waals surface area contributed by atoms with E-state index in [9.17, 15) is 0 Å². The Morgan fingerprint density at radius 2 is 0.933 bits per heavy atom. The number of unbranched alkanes of at least 4 members (excludes halogenated alkanes) is 5. The highest BCUT2D eigenvalue weighted by molar-refractivity contribution is 6.60. The monoisotopic (exact) mass is 443 g/mol. The average molecular weight is 444 g/mol. The van der Waals surface area contributed by atoms with Gasteiger partial charge in [0.25, 0.3) is 0 Å². The van der Waals surface area contributed by atoms with Crippen LogP contribution in [0.5, 0.6) is 0 Å². The number of hydrogen-bond donors (Lipinski definition) is 0. The zero-order valence-corrected chi connectivity index (χ0v) is 21.2. The predicted octanol–water partition coefficient (Wildman–Crippen LogP) is 3.70. The van der Waals surface area contributed by atoms with Gasteiger partial charge in [0, 0.05) is 66.6 Å². The van der Waals surface area contributed by atoms with Crippen molar-refractivity contribution >= 4 is 8.80 Å². The lowest BCUT2D eigenvalue weighted by molar-refractivity contribution is 0.117. The topological polar surface area (TPSA) is 37.4 Å². The van der Waals surface area contributed by atoms with Gasteiger partial charge in [0.1, 0.15) is 0 Å². The summed E-state index contributed by atoms with van der Waals surface area (Å²) in [5.74, 6) is 0. The van der Waals surface area contributed by atoms with E-state index < -0.39 is 8.80 Å². The van der Waals surface area contributed by atoms with Crippen LogP contribution in [-0.2, 0) is 13.3 Å². The van der Waals surface area contributed by atoms with Crippen molar-refractivity contribution in [3.05, 3.63) is 0 Å². The number of piperazine rings is 1. The number of nitrogens with zero attached hydrogens (tertiary/aromatic N) is 3. The quantitative estimate of drug-likeness (QED) is 0.284. The molecule has 0 radical (unpaired) electrons. The summed E-state index contributed by atoms with van der Waals surface area (Å²) < 4.78 is 16.5. The van der Waals surface area contributed by atoms with Crippen LogP contribution in [0.1, 0.15) is 64.2 Å². The molecule has 0 N–H and O–H groups in total. The third-order valence-electron chi connectivity index (χ3n) is 7.04. The Hall–Kier alpha value is -0.0231. The summed E-state index contributed by atoms with van der Waals surface area (Å²) in [4.78, 5) is 8.06. The molecule has 2 heterocycles. The molecule has 0 amide bonds. The fraction of sp³-hybridized carbons (Fsp3) is 1.00. The molecule has 0 atom stereocenters. The second-order valence-electron chi connectivity index (χ2n) is 9.11. The minimum absolute atomic E-state index is 0.929. The molecular formula is C23H49N3O3Si. The highest BCUT2D eigenvalue weighted by Gasteiger charge is 2.36. The summed E-state index contributed by atoms with van der Waals surface area (Å²) in [5.41, 5.74) is 0. The fourth-order valence-corrected chi connectivity index (χ4v) is 6.61. The lowest BCUT2D eigenvalue weighted by atomic mass is 10.1. The van der Waals surface area contributed by atoms with Crippen LogP contribution >= 0.6 is 0 Å². The Labute approximate surface area is 187 Å². The normalized spacial score (nSPS) is 20.5. The second kappa shape index (κ2) is 15.7. The van der Waals surface area contributed by atoms with E-state index in [0.29, 0.717) is 0 Å². The maximum atomic E-state index is 5.49. The van der Waals surface area contributed by atoms with Gasteiger partial charge in [-0.1, -0.05) is 38.5 Å². The van der Waals surface area contributed by atoms with Crippen LogP contribution in [0.2, 0.25) is 6.04 Å². The second-order valence-corrected chi connectivity index (χ2v) is 12.2. The molecule has 6 nitrogen and oxygen atoms in total. The van der Waals surface area contributed by atoms with Crippen LogP contribution in [0.4, 0.5) is 0 Å². The molecule has 178 valence electrons. The third kappa shape index (κ3) is 10.1. The molecule has 2 fully saturated rings. The molecule has 30 heavy (non-hydrogen) atoms. The molecule has 2 aliphatic rings. The Kier molecular flexibility index (Phi) is 13.8. The third-order valence-corrected chi connectivity index (χ3v) is 9.87. The number of rotatable bonds is 15. The van der Waals surface area contributed by atoms with Gasteiger partial charge < -0.3 is 23.1 Å². The summed E-state index contributed by atoms with van der Waals surface area (Å²) in [7, 11) is 2.76. The van der Waals surface area contributed by atoms with Crippen molar-refractivity contribution in [3.8, 4) is 0 Å². The standard InChI is InChI=1S/C23H49N3O3Si/c1-27-30(28-2,29-3)23-13-9-5-4-6-10-16-25-18-21-26(22-19-25)20-17-24-14-11-7-8-12-15-24/h4-23H2,1-3H3. The molecule has 0 bridgehead atoms. The molecule has 2 aliphatic heterocycles. The highest BCUT2D eigenvalue weighted by atomic mass is 28.4. The van der Waals surface area contributed by atoms with Crippen molar-refractivity contribution in [2.24, 2.45) is 0 Å². The Morgan fingerprint density at radius 3 is 1.47 bits per heavy atom. The lowest BCUT2D eigenvalue weighted by Gasteiger charge is -2.35. The first-order valence-corrected chi connectivity index (χ1v) is 14.5. The fourth-order valence-electron chi connectivity index (χ4n) is 4.82. The molecule has 0 unspecified atom stereocenters. The number of likely N-dealkylation sites (tertiary alicyclic amines) is 1. The molecule has 0 aromatic heterocycles. The van der Waals surface area contributed by atoms with Gasteiger partial charge in [0.2, 0.25) is 0 Å². The lowest BCUT2D eigenvalue weighted by Crippen LogP contribution is -2.48. The van der Waals surface area contributed by atoms with Crippen LogP contribution in [0.3, 0.4) is 0 Å². The minimum Gasteiger partial charge on any atom is -0.377 e. The largest absolute Gasteiger partial charge is 0.500 e. The van der Waals surface area contributed by atoms with E-state index in [2.05, 4.69) is 14.7 Å². The zero-order chi connectivity index (χ0) is 21.5. The molecule has 0 spiro atoms. The van der Waals surface area contributed by atoms with E-state index in [4.69, 9.17) is 13.3 Å². The van der Waals surface area contributed by atoms with Crippen molar-refractivity contribution in [1.29, 1.82) is 0 Å². The first-order valence-electron chi connectivity index (χ1n) is 12.5. The van der Waals surface area contributed by atoms with Crippen molar-refractivity contribution in [1.82, 2.24) is 14.7 Å². The van der Waals surface area contributed by atoms with E-state index in [-0.39, 0.29) is 0 Å². The van der Waals surface area contributed by atoms with Crippen LogP contribution in [-0.4, -0.2) is 104 Å². The average Bonchev–Trinajstić information content (AvgIpc) is 3.07. The summed E-state index contributed by atoms with van der Waals surface area (Å²) in [6.07, 6.45) is 13.4. The van der Waals surface area contributed by atoms with Crippen LogP contribution in [0.15, 0.2) is 0 Å². The van der Waals surface area contributed by atoms with Crippen LogP contribution in [0, 0.1) is 0 Å². The maximum Gasteiger partial charge on any atom is 0.500 e. The molecule has 7 heteroatoms. The van der Waals surface area contributed by atoms with E-state index >= 15 is 0 Å². The number of hydrogen-bond acceptors (Lipinski definition) is 6. The molecule has 0 saturated carbocycles. The SMILES string of the molecule is CO[Si](CCCCCCCCN1CCN(CCN2CCCCCC2)CC1)(OC)OC. The summed E-state index contributed by atoms with van der Waals surface area (Å²) in [5, 5.41) is 0. The van der Waals surface area contributed by atoms with E-state index in [1.54, 1.807) is 21.3 Å². The molecule has 0 aromatic rings. The van der Waals surface area contributed by atoms with Crippen molar-refractivity contribution in [2.75, 3.05) is 80.2 Å². The van der Waals surface area contributed by atoms with Gasteiger partial charge in [-0.05, 0) is 45.3 Å². The highest BCUT2D eigenvalue weighted by Crippen LogP contribution is 2.18. The minimum atomic E-state index is -2.35. The Morgan fingerprint density at radius 1 is 0.500 bits per heavy atom. The van der Waals surface area contributed by atoms with Crippen molar-refractivity contribution < 1.29 is 13.3 Å². The summed E-state index contributed by atoms with van der Waals surface area (Å²) in [6.45, 7) is 11.5. The van der Waals surface area contributed by atoms with Gasteiger partial charge in [0.15, 0.2) is 0 Å². The first-order chi connectivity index (χ1) is 14.7. The van der Waals surface area contributed by atoms with Gasteiger partial charge >= 0.3 is 8.80 Å². The predicted molar refractivity (Wildman–Crippen MR) is 127 cm³/mol. The maximum absolute atomic E-state index is 5.49. The van der Waals surface area contributed by atoms with E-state index in [1.807, 2.05) is 0 Å². The molecule has 2 saturated heterocycles. The first kappa shape index (κ1) is 26.2. The smallest absolute Gasteiger partial charge is 0.377 e. The van der Waals surface area contributed by atoms with E-state index in [1.165, 1.54) is 117 Å². The zero-order valence-electron chi connectivity index (χ0n) is 20.2. The van der Waals surface area contributed by atoms with Crippen molar-refractivity contribution in [2.45, 2.75) is 70.3 Å². The van der Waals surface area contributed by atoms with Gasteiger partial charge in [-0.3, -0.25) is 4.90 Å². The Balaban J connectivity index is 1.42.